The van der Waals surface area contributed by atoms with Crippen molar-refractivity contribution in [3.63, 3.8) is 0 Å². The van der Waals surface area contributed by atoms with E-state index in [1.165, 1.54) is 12.1 Å². The lowest BCUT2D eigenvalue weighted by Crippen LogP contribution is -2.19. The predicted molar refractivity (Wildman–Crippen MR) is 97.3 cm³/mol. The van der Waals surface area contributed by atoms with Crippen LogP contribution in [0.4, 0.5) is 5.69 Å². The fraction of sp³-hybridized carbons (Fsp3) is 0.500. The molecule has 0 bridgehead atoms. The number of aryl methyl sites for hydroxylation is 1. The minimum absolute atomic E-state index is 0.0814. The molecule has 0 atom stereocenters. The SMILES string of the molecule is CC(C)CCOCCNCc1cn(C)nc1-c1ccc([N+](=O)[O-])cc1. The van der Waals surface area contributed by atoms with Crippen molar-refractivity contribution in [1.82, 2.24) is 15.1 Å². The van der Waals surface area contributed by atoms with Gasteiger partial charge in [-0.2, -0.15) is 5.10 Å². The molecule has 0 amide bonds. The Morgan fingerprint density at radius 1 is 1.28 bits per heavy atom. The second-order valence-corrected chi connectivity index (χ2v) is 6.45. The van der Waals surface area contributed by atoms with Crippen LogP contribution < -0.4 is 5.32 Å². The number of aromatic nitrogens is 2. The number of benzene rings is 1. The molecule has 1 N–H and O–H groups in total. The van der Waals surface area contributed by atoms with Crippen LogP contribution in [0.15, 0.2) is 30.5 Å². The van der Waals surface area contributed by atoms with Gasteiger partial charge in [-0.15, -0.1) is 0 Å². The molecule has 0 aliphatic carbocycles. The fourth-order valence-electron chi connectivity index (χ4n) is 2.44. The van der Waals surface area contributed by atoms with Gasteiger partial charge in [-0.25, -0.2) is 0 Å². The molecular formula is C18H26N4O3. The topological polar surface area (TPSA) is 82.2 Å². The highest BCUT2D eigenvalue weighted by Gasteiger charge is 2.12. The van der Waals surface area contributed by atoms with Gasteiger partial charge >= 0.3 is 0 Å². The number of nitro groups is 1. The van der Waals surface area contributed by atoms with Crippen molar-refractivity contribution in [3.8, 4) is 11.3 Å². The average molecular weight is 346 g/mol. The number of nitrogens with one attached hydrogen (secondary N) is 1. The van der Waals surface area contributed by atoms with E-state index < -0.39 is 4.92 Å². The summed E-state index contributed by atoms with van der Waals surface area (Å²) in [6, 6.07) is 6.48. The van der Waals surface area contributed by atoms with E-state index in [2.05, 4.69) is 24.3 Å². The molecule has 7 heteroatoms. The van der Waals surface area contributed by atoms with Crippen molar-refractivity contribution in [1.29, 1.82) is 0 Å². The van der Waals surface area contributed by atoms with Gasteiger partial charge in [0.2, 0.25) is 0 Å². The van der Waals surface area contributed by atoms with Crippen molar-refractivity contribution in [3.05, 3.63) is 46.1 Å². The summed E-state index contributed by atoms with van der Waals surface area (Å²) in [7, 11) is 1.87. The first-order chi connectivity index (χ1) is 12.0. The highest BCUT2D eigenvalue weighted by atomic mass is 16.6. The zero-order chi connectivity index (χ0) is 18.2. The van der Waals surface area contributed by atoms with Gasteiger partial charge in [0, 0.05) is 56.2 Å². The summed E-state index contributed by atoms with van der Waals surface area (Å²) in [5.74, 6) is 0.660. The van der Waals surface area contributed by atoms with E-state index in [4.69, 9.17) is 4.74 Å². The van der Waals surface area contributed by atoms with Gasteiger partial charge in [-0.3, -0.25) is 14.8 Å². The Hall–Kier alpha value is -2.25. The number of ether oxygens (including phenoxy) is 1. The third kappa shape index (κ3) is 5.95. The molecule has 136 valence electrons. The first-order valence-electron chi connectivity index (χ1n) is 8.53. The summed E-state index contributed by atoms with van der Waals surface area (Å²) in [6.45, 7) is 7.29. The number of hydrogen-bond acceptors (Lipinski definition) is 5. The maximum Gasteiger partial charge on any atom is 0.269 e. The van der Waals surface area contributed by atoms with Crippen LogP contribution in [0.25, 0.3) is 11.3 Å². The number of hydrogen-bond donors (Lipinski definition) is 1. The molecule has 0 saturated heterocycles. The molecule has 1 heterocycles. The van der Waals surface area contributed by atoms with Crippen LogP contribution in [0.1, 0.15) is 25.8 Å². The number of rotatable bonds is 10. The van der Waals surface area contributed by atoms with Crippen molar-refractivity contribution in [2.24, 2.45) is 13.0 Å². The molecule has 0 radical (unpaired) electrons. The normalized spacial score (nSPS) is 11.2. The molecule has 0 aliphatic heterocycles. The number of nitrogens with zero attached hydrogens (tertiary/aromatic N) is 3. The van der Waals surface area contributed by atoms with Crippen LogP contribution in [-0.4, -0.2) is 34.5 Å². The van der Waals surface area contributed by atoms with E-state index in [9.17, 15) is 10.1 Å². The maximum atomic E-state index is 10.8. The van der Waals surface area contributed by atoms with Crippen molar-refractivity contribution >= 4 is 5.69 Å². The molecule has 0 spiro atoms. The second kappa shape index (κ2) is 9.29. The standard InChI is InChI=1S/C18H26N4O3/c1-14(2)8-10-25-11-9-19-12-16-13-21(3)20-18(16)15-4-6-17(7-5-15)22(23)24/h4-7,13-14,19H,8-12H2,1-3H3. The lowest BCUT2D eigenvalue weighted by Gasteiger charge is -2.08. The fourth-order valence-corrected chi connectivity index (χ4v) is 2.44. The van der Waals surface area contributed by atoms with Crippen molar-refractivity contribution < 1.29 is 9.66 Å². The van der Waals surface area contributed by atoms with Crippen LogP contribution in [0.5, 0.6) is 0 Å². The lowest BCUT2D eigenvalue weighted by atomic mass is 10.1. The largest absolute Gasteiger partial charge is 0.380 e. The zero-order valence-electron chi connectivity index (χ0n) is 15.1. The molecule has 2 rings (SSSR count). The monoisotopic (exact) mass is 346 g/mol. The van der Waals surface area contributed by atoms with Crippen LogP contribution in [-0.2, 0) is 18.3 Å². The third-order valence-electron chi connectivity index (χ3n) is 3.83. The lowest BCUT2D eigenvalue weighted by molar-refractivity contribution is -0.384. The Balaban J connectivity index is 1.89. The summed E-state index contributed by atoms with van der Waals surface area (Å²) in [4.78, 5) is 10.4. The van der Waals surface area contributed by atoms with E-state index in [0.717, 1.165) is 36.4 Å². The van der Waals surface area contributed by atoms with Crippen molar-refractivity contribution in [2.75, 3.05) is 19.8 Å². The Morgan fingerprint density at radius 2 is 2.00 bits per heavy atom. The summed E-state index contributed by atoms with van der Waals surface area (Å²) in [5.41, 5.74) is 2.85. The summed E-state index contributed by atoms with van der Waals surface area (Å²) < 4.78 is 7.35. The molecule has 0 aliphatic rings. The minimum atomic E-state index is -0.399. The van der Waals surface area contributed by atoms with Gasteiger partial charge in [0.1, 0.15) is 0 Å². The summed E-state index contributed by atoms with van der Waals surface area (Å²) in [6.07, 6.45) is 3.04. The van der Waals surface area contributed by atoms with Gasteiger partial charge in [0.25, 0.3) is 5.69 Å². The van der Waals surface area contributed by atoms with E-state index in [0.29, 0.717) is 19.1 Å². The number of nitro benzene ring substituents is 1. The molecule has 0 fully saturated rings. The highest BCUT2D eigenvalue weighted by molar-refractivity contribution is 5.64. The summed E-state index contributed by atoms with van der Waals surface area (Å²) in [5, 5.41) is 18.6. The highest BCUT2D eigenvalue weighted by Crippen LogP contribution is 2.24. The van der Waals surface area contributed by atoms with Crippen molar-refractivity contribution in [2.45, 2.75) is 26.8 Å². The number of non-ortho nitro benzene ring substituents is 1. The molecule has 0 saturated carbocycles. The van der Waals surface area contributed by atoms with Gasteiger partial charge in [-0.05, 0) is 24.5 Å². The van der Waals surface area contributed by atoms with Gasteiger partial charge in [0.05, 0.1) is 17.2 Å². The van der Waals surface area contributed by atoms with E-state index in [1.54, 1.807) is 16.8 Å². The van der Waals surface area contributed by atoms with Crippen LogP contribution in [0.3, 0.4) is 0 Å². The van der Waals surface area contributed by atoms with Crippen LogP contribution in [0, 0.1) is 16.0 Å². The Morgan fingerprint density at radius 3 is 2.64 bits per heavy atom. The molecule has 25 heavy (non-hydrogen) atoms. The van der Waals surface area contributed by atoms with Gasteiger partial charge in [0.15, 0.2) is 0 Å². The third-order valence-corrected chi connectivity index (χ3v) is 3.83. The zero-order valence-corrected chi connectivity index (χ0v) is 15.1. The van der Waals surface area contributed by atoms with E-state index >= 15 is 0 Å². The van der Waals surface area contributed by atoms with E-state index in [-0.39, 0.29) is 5.69 Å². The average Bonchev–Trinajstić information content (AvgIpc) is 2.94. The van der Waals surface area contributed by atoms with Gasteiger partial charge in [-0.1, -0.05) is 13.8 Å². The molecule has 2 aromatic rings. The molecular weight excluding hydrogens is 320 g/mol. The van der Waals surface area contributed by atoms with Gasteiger partial charge < -0.3 is 10.1 Å². The quantitative estimate of drug-likeness (QED) is 0.406. The predicted octanol–water partition coefficient (Wildman–Crippen LogP) is 3.15. The van der Waals surface area contributed by atoms with Crippen LogP contribution >= 0.6 is 0 Å². The maximum absolute atomic E-state index is 10.8. The Bertz CT molecular complexity index is 680. The Labute approximate surface area is 148 Å². The second-order valence-electron chi connectivity index (χ2n) is 6.45. The molecule has 0 unspecified atom stereocenters. The first kappa shape index (κ1) is 19.1. The molecule has 1 aromatic carbocycles. The first-order valence-corrected chi connectivity index (χ1v) is 8.53. The molecule has 1 aromatic heterocycles. The molecule has 7 nitrogen and oxygen atoms in total. The smallest absolute Gasteiger partial charge is 0.269 e. The summed E-state index contributed by atoms with van der Waals surface area (Å²) >= 11 is 0. The van der Waals surface area contributed by atoms with Crippen LogP contribution in [0.2, 0.25) is 0 Å². The minimum Gasteiger partial charge on any atom is -0.380 e. The Kier molecular flexibility index (Phi) is 7.09. The van der Waals surface area contributed by atoms with E-state index in [1.807, 2.05) is 13.2 Å².